The van der Waals surface area contributed by atoms with Crippen molar-refractivity contribution in [1.29, 1.82) is 5.26 Å². The zero-order valence-corrected chi connectivity index (χ0v) is 14.2. The molecule has 2 heterocycles. The lowest BCUT2D eigenvalue weighted by molar-refractivity contribution is -0.114. The van der Waals surface area contributed by atoms with Gasteiger partial charge in [-0.3, -0.25) is 14.6 Å². The summed E-state index contributed by atoms with van der Waals surface area (Å²) in [5.41, 5.74) is 1.52. The number of halogens is 1. The van der Waals surface area contributed by atoms with E-state index in [2.05, 4.69) is 26.2 Å². The summed E-state index contributed by atoms with van der Waals surface area (Å²) in [5, 5.41) is 12.1. The molecule has 1 aliphatic rings. The molecule has 0 saturated heterocycles. The Hall–Kier alpha value is -2.98. The molecule has 0 saturated carbocycles. The van der Waals surface area contributed by atoms with E-state index in [4.69, 9.17) is 0 Å². The third-order valence-corrected chi connectivity index (χ3v) is 4.11. The van der Waals surface area contributed by atoms with Crippen LogP contribution >= 0.6 is 15.9 Å². The predicted octanol–water partition coefficient (Wildman–Crippen LogP) is 2.74. The van der Waals surface area contributed by atoms with Gasteiger partial charge in [-0.1, -0.05) is 15.9 Å². The smallest absolute Gasteiger partial charge is 0.267 e. The number of benzene rings is 1. The minimum Gasteiger partial charge on any atom is -0.320 e. The van der Waals surface area contributed by atoms with Crippen LogP contribution < -0.4 is 10.2 Å². The lowest BCUT2D eigenvalue weighted by Crippen LogP contribution is -2.23. The number of hydrogen-bond acceptors (Lipinski definition) is 4. The van der Waals surface area contributed by atoms with Gasteiger partial charge in [0, 0.05) is 23.3 Å². The zero-order chi connectivity index (χ0) is 17.3. The van der Waals surface area contributed by atoms with Crippen molar-refractivity contribution < 1.29 is 9.59 Å². The first kappa shape index (κ1) is 15.9. The number of nitrogens with zero attached hydrogens (tertiary/aromatic N) is 3. The number of likely N-dealkylation sites (N-methyl/N-ethyl adjacent to an activating group) is 1. The summed E-state index contributed by atoms with van der Waals surface area (Å²) in [6, 6.07) is 10.5. The molecule has 1 N–H and O–H groups in total. The van der Waals surface area contributed by atoms with Gasteiger partial charge >= 0.3 is 0 Å². The Morgan fingerprint density at radius 1 is 1.38 bits per heavy atom. The van der Waals surface area contributed by atoms with Crippen LogP contribution in [-0.2, 0) is 9.59 Å². The highest BCUT2D eigenvalue weighted by atomic mass is 79.9. The van der Waals surface area contributed by atoms with Gasteiger partial charge in [0.2, 0.25) is 0 Å². The first-order valence-corrected chi connectivity index (χ1v) is 7.76. The van der Waals surface area contributed by atoms with Gasteiger partial charge in [-0.25, -0.2) is 0 Å². The second-order valence-corrected chi connectivity index (χ2v) is 6.00. The number of carbonyl (C=O) groups is 2. The topological polar surface area (TPSA) is 86.1 Å². The molecule has 6 nitrogen and oxygen atoms in total. The molecule has 118 valence electrons. The van der Waals surface area contributed by atoms with Crippen LogP contribution in [0.5, 0.6) is 0 Å². The van der Waals surface area contributed by atoms with Crippen LogP contribution in [0.4, 0.5) is 11.4 Å². The van der Waals surface area contributed by atoms with Crippen LogP contribution in [0, 0.1) is 11.3 Å². The number of hydrogen-bond donors (Lipinski definition) is 1. The third kappa shape index (κ3) is 2.68. The van der Waals surface area contributed by atoms with Crippen LogP contribution in [-0.4, -0.2) is 23.8 Å². The van der Waals surface area contributed by atoms with Gasteiger partial charge < -0.3 is 10.2 Å². The molecule has 0 atom stereocenters. The number of nitriles is 1. The maximum atomic E-state index is 12.5. The number of rotatable bonds is 2. The Balaban J connectivity index is 2.09. The molecule has 1 aromatic carbocycles. The van der Waals surface area contributed by atoms with Gasteiger partial charge in [-0.05, 0) is 30.3 Å². The first-order valence-electron chi connectivity index (χ1n) is 6.96. The highest BCUT2D eigenvalue weighted by molar-refractivity contribution is 9.10. The normalized spacial score (nSPS) is 14.9. The summed E-state index contributed by atoms with van der Waals surface area (Å²) < 4.78 is 0.756. The van der Waals surface area contributed by atoms with Gasteiger partial charge in [-0.15, -0.1) is 0 Å². The number of aromatic nitrogens is 1. The Labute approximate surface area is 146 Å². The molecule has 3 rings (SSSR count). The molecule has 7 heteroatoms. The summed E-state index contributed by atoms with van der Waals surface area (Å²) in [6.45, 7) is 0. The molecule has 1 aliphatic heterocycles. The van der Waals surface area contributed by atoms with E-state index in [-0.39, 0.29) is 17.1 Å². The lowest BCUT2D eigenvalue weighted by atomic mass is 10.0. The van der Waals surface area contributed by atoms with Crippen molar-refractivity contribution in [1.82, 2.24) is 4.98 Å². The number of fused-ring (bicyclic) bond motifs is 1. The summed E-state index contributed by atoms with van der Waals surface area (Å²) in [7, 11) is 1.61. The highest BCUT2D eigenvalue weighted by Crippen LogP contribution is 2.39. The van der Waals surface area contributed by atoms with Crippen molar-refractivity contribution in [2.45, 2.75) is 0 Å². The Morgan fingerprint density at radius 3 is 2.83 bits per heavy atom. The van der Waals surface area contributed by atoms with E-state index >= 15 is 0 Å². The Bertz CT molecular complexity index is 916. The van der Waals surface area contributed by atoms with E-state index in [9.17, 15) is 14.9 Å². The van der Waals surface area contributed by atoms with Crippen LogP contribution in [0.1, 0.15) is 5.56 Å². The Morgan fingerprint density at radius 2 is 2.17 bits per heavy atom. The SMILES string of the molecule is CN1C(=O)/C(=C(/C#N)C(=O)Nc2cccnc2)c2cc(Br)ccc21. The van der Waals surface area contributed by atoms with Crippen molar-refractivity contribution in [3.8, 4) is 6.07 Å². The van der Waals surface area contributed by atoms with E-state index in [1.54, 1.807) is 43.6 Å². The van der Waals surface area contributed by atoms with Gasteiger partial charge in [-0.2, -0.15) is 5.26 Å². The molecule has 24 heavy (non-hydrogen) atoms. The minimum absolute atomic E-state index is 0.0951. The van der Waals surface area contributed by atoms with E-state index in [0.29, 0.717) is 16.9 Å². The number of anilines is 2. The average Bonchev–Trinajstić information content (AvgIpc) is 2.81. The van der Waals surface area contributed by atoms with Crippen LogP contribution in [0.25, 0.3) is 5.57 Å². The number of amides is 2. The molecule has 0 fully saturated rings. The number of pyridine rings is 1. The molecule has 0 spiro atoms. The van der Waals surface area contributed by atoms with Crippen LogP contribution in [0.3, 0.4) is 0 Å². The molecule has 2 amide bonds. The molecule has 1 aromatic heterocycles. The molecule has 2 aromatic rings. The Kier molecular flexibility index (Phi) is 4.15. The first-order chi connectivity index (χ1) is 11.5. The quantitative estimate of drug-likeness (QED) is 0.638. The van der Waals surface area contributed by atoms with E-state index in [1.165, 1.54) is 11.1 Å². The number of carbonyl (C=O) groups excluding carboxylic acids is 2. The molecule has 0 radical (unpaired) electrons. The summed E-state index contributed by atoms with van der Waals surface area (Å²) in [5.74, 6) is -1.03. The fourth-order valence-electron chi connectivity index (χ4n) is 2.49. The van der Waals surface area contributed by atoms with Gasteiger partial charge in [0.05, 0.1) is 23.1 Å². The van der Waals surface area contributed by atoms with E-state index < -0.39 is 5.91 Å². The van der Waals surface area contributed by atoms with Crippen molar-refractivity contribution in [2.75, 3.05) is 17.3 Å². The van der Waals surface area contributed by atoms with E-state index in [0.717, 1.165) is 4.47 Å². The predicted molar refractivity (Wildman–Crippen MR) is 93.0 cm³/mol. The fourth-order valence-corrected chi connectivity index (χ4v) is 2.85. The fraction of sp³-hybridized carbons (Fsp3) is 0.0588. The highest BCUT2D eigenvalue weighted by Gasteiger charge is 2.34. The maximum Gasteiger partial charge on any atom is 0.267 e. The lowest BCUT2D eigenvalue weighted by Gasteiger charge is -2.08. The molecule has 0 unspecified atom stereocenters. The van der Waals surface area contributed by atoms with Crippen molar-refractivity contribution in [2.24, 2.45) is 0 Å². The molecule has 0 aliphatic carbocycles. The van der Waals surface area contributed by atoms with Gasteiger partial charge in [0.15, 0.2) is 0 Å². The number of nitrogens with one attached hydrogen (secondary N) is 1. The largest absolute Gasteiger partial charge is 0.320 e. The zero-order valence-electron chi connectivity index (χ0n) is 12.6. The molecular formula is C17H11BrN4O2. The average molecular weight is 383 g/mol. The summed E-state index contributed by atoms with van der Waals surface area (Å²) in [6.07, 6.45) is 3.03. The minimum atomic E-state index is -0.643. The van der Waals surface area contributed by atoms with E-state index in [1.807, 2.05) is 6.07 Å². The molecule has 0 bridgehead atoms. The second-order valence-electron chi connectivity index (χ2n) is 5.08. The van der Waals surface area contributed by atoms with Crippen molar-refractivity contribution in [3.05, 3.63) is 58.3 Å². The van der Waals surface area contributed by atoms with Crippen molar-refractivity contribution in [3.63, 3.8) is 0 Å². The van der Waals surface area contributed by atoms with Crippen LogP contribution in [0.2, 0.25) is 0 Å². The van der Waals surface area contributed by atoms with Crippen LogP contribution in [0.15, 0.2) is 52.8 Å². The van der Waals surface area contributed by atoms with Gasteiger partial charge in [0.25, 0.3) is 11.8 Å². The standard InChI is InChI=1S/C17H11BrN4O2/c1-22-14-5-4-10(18)7-12(14)15(17(22)24)13(8-19)16(23)21-11-3-2-6-20-9-11/h2-7,9H,1H3,(H,21,23)/b15-13-. The maximum absolute atomic E-state index is 12.5. The van der Waals surface area contributed by atoms with Gasteiger partial charge in [0.1, 0.15) is 11.6 Å². The monoisotopic (exact) mass is 382 g/mol. The second kappa shape index (κ2) is 6.26. The summed E-state index contributed by atoms with van der Waals surface area (Å²) >= 11 is 3.35. The third-order valence-electron chi connectivity index (χ3n) is 3.62. The van der Waals surface area contributed by atoms with Crippen molar-refractivity contribution >= 4 is 44.7 Å². The molecular weight excluding hydrogens is 372 g/mol. The summed E-state index contributed by atoms with van der Waals surface area (Å²) in [4.78, 5) is 30.3.